The van der Waals surface area contributed by atoms with Crippen LogP contribution in [0, 0.1) is 13.8 Å². The summed E-state index contributed by atoms with van der Waals surface area (Å²) in [6.45, 7) is 4.45. The lowest BCUT2D eigenvalue weighted by Crippen LogP contribution is -2.32. The summed E-state index contributed by atoms with van der Waals surface area (Å²) in [5, 5.41) is -0.273. The minimum Gasteiger partial charge on any atom is -0.491 e. The van der Waals surface area contributed by atoms with Gasteiger partial charge in [-0.15, -0.1) is 0 Å². The third-order valence-electron chi connectivity index (χ3n) is 3.77. The summed E-state index contributed by atoms with van der Waals surface area (Å²) in [6, 6.07) is 9.58. The topological polar surface area (TPSA) is 59.5 Å². The molecule has 0 spiro atoms. The van der Waals surface area contributed by atoms with E-state index >= 15 is 0 Å². The maximum absolute atomic E-state index is 12.4. The van der Waals surface area contributed by atoms with E-state index in [1.807, 2.05) is 38.1 Å². The SMILES string of the molecule is Cc1ccc(C)c(OCCN2C(=O)S/C(=C\c3cccnc3)C2=O)c1. The molecule has 6 heteroatoms. The maximum atomic E-state index is 12.4. The molecule has 0 aliphatic carbocycles. The first-order valence-electron chi connectivity index (χ1n) is 7.90. The van der Waals surface area contributed by atoms with Gasteiger partial charge in [-0.1, -0.05) is 18.2 Å². The van der Waals surface area contributed by atoms with E-state index in [1.165, 1.54) is 4.90 Å². The number of nitrogens with zero attached hydrogens (tertiary/aromatic N) is 2. The average molecular weight is 354 g/mol. The van der Waals surface area contributed by atoms with E-state index in [2.05, 4.69) is 4.98 Å². The number of thioether (sulfide) groups is 1. The van der Waals surface area contributed by atoms with Gasteiger partial charge in [0.05, 0.1) is 11.4 Å². The summed E-state index contributed by atoms with van der Waals surface area (Å²) in [6.07, 6.45) is 4.99. The number of ether oxygens (including phenoxy) is 1. The zero-order valence-corrected chi connectivity index (χ0v) is 14.9. The first-order chi connectivity index (χ1) is 12.0. The van der Waals surface area contributed by atoms with Crippen molar-refractivity contribution in [3.05, 3.63) is 64.3 Å². The number of pyridine rings is 1. The maximum Gasteiger partial charge on any atom is 0.293 e. The minimum absolute atomic E-state index is 0.225. The van der Waals surface area contributed by atoms with Crippen LogP contribution >= 0.6 is 11.8 Å². The first kappa shape index (κ1) is 17.2. The second-order valence-electron chi connectivity index (χ2n) is 5.74. The molecule has 1 aromatic carbocycles. The fraction of sp³-hybridized carbons (Fsp3) is 0.211. The van der Waals surface area contributed by atoms with Gasteiger partial charge >= 0.3 is 0 Å². The normalized spacial score (nSPS) is 15.9. The van der Waals surface area contributed by atoms with Gasteiger partial charge in [-0.3, -0.25) is 19.5 Å². The molecule has 3 rings (SSSR count). The first-order valence-corrected chi connectivity index (χ1v) is 8.72. The van der Waals surface area contributed by atoms with Crippen molar-refractivity contribution >= 4 is 29.0 Å². The molecule has 1 aliphatic heterocycles. The molecule has 1 saturated heterocycles. The van der Waals surface area contributed by atoms with Crippen LogP contribution in [0.1, 0.15) is 16.7 Å². The third-order valence-corrected chi connectivity index (χ3v) is 4.68. The number of hydrogen-bond donors (Lipinski definition) is 0. The largest absolute Gasteiger partial charge is 0.491 e. The van der Waals surface area contributed by atoms with Gasteiger partial charge in [-0.25, -0.2) is 0 Å². The van der Waals surface area contributed by atoms with E-state index in [4.69, 9.17) is 4.74 Å². The molecule has 1 aromatic heterocycles. The molecule has 2 amide bonds. The lowest BCUT2D eigenvalue weighted by atomic mass is 10.1. The fourth-order valence-corrected chi connectivity index (χ4v) is 3.28. The van der Waals surface area contributed by atoms with Crippen molar-refractivity contribution < 1.29 is 14.3 Å². The summed E-state index contributed by atoms with van der Waals surface area (Å²) in [7, 11) is 0. The number of benzene rings is 1. The van der Waals surface area contributed by atoms with Gasteiger partial charge in [0.25, 0.3) is 11.1 Å². The van der Waals surface area contributed by atoms with Crippen LogP contribution in [0.2, 0.25) is 0 Å². The van der Waals surface area contributed by atoms with E-state index in [0.29, 0.717) is 4.91 Å². The molecule has 128 valence electrons. The van der Waals surface area contributed by atoms with Gasteiger partial charge in [0.1, 0.15) is 12.4 Å². The number of aromatic nitrogens is 1. The number of aryl methyl sites for hydroxylation is 2. The minimum atomic E-state index is -0.289. The smallest absolute Gasteiger partial charge is 0.293 e. The van der Waals surface area contributed by atoms with Crippen molar-refractivity contribution in [1.29, 1.82) is 0 Å². The van der Waals surface area contributed by atoms with Crippen LogP contribution in [0.4, 0.5) is 4.79 Å². The van der Waals surface area contributed by atoms with Gasteiger partial charge < -0.3 is 4.74 Å². The highest BCUT2D eigenvalue weighted by molar-refractivity contribution is 8.18. The Morgan fingerprint density at radius 2 is 2.08 bits per heavy atom. The standard InChI is InChI=1S/C19H18N2O3S/c1-13-5-6-14(2)16(10-13)24-9-8-21-18(22)17(25-19(21)23)11-15-4-3-7-20-12-15/h3-7,10-12H,8-9H2,1-2H3/b17-11-. The number of rotatable bonds is 5. The Hall–Kier alpha value is -2.60. The van der Waals surface area contributed by atoms with E-state index in [9.17, 15) is 9.59 Å². The highest BCUT2D eigenvalue weighted by Crippen LogP contribution is 2.32. The lowest BCUT2D eigenvalue weighted by molar-refractivity contribution is -0.123. The van der Waals surface area contributed by atoms with Gasteiger partial charge in [0, 0.05) is 12.4 Å². The Bertz CT molecular complexity index is 834. The summed E-state index contributed by atoms with van der Waals surface area (Å²) < 4.78 is 5.74. The van der Waals surface area contributed by atoms with E-state index in [-0.39, 0.29) is 24.3 Å². The molecule has 25 heavy (non-hydrogen) atoms. The number of amides is 2. The zero-order valence-electron chi connectivity index (χ0n) is 14.1. The molecule has 0 radical (unpaired) electrons. The molecule has 0 atom stereocenters. The average Bonchev–Trinajstić information content (AvgIpc) is 2.86. The van der Waals surface area contributed by atoms with Gasteiger partial charge in [0.2, 0.25) is 0 Å². The van der Waals surface area contributed by atoms with E-state index < -0.39 is 0 Å². The lowest BCUT2D eigenvalue weighted by Gasteiger charge is -2.14. The number of imide groups is 1. The Balaban J connectivity index is 1.63. The molecule has 0 saturated carbocycles. The fourth-order valence-electron chi connectivity index (χ4n) is 2.42. The monoisotopic (exact) mass is 354 g/mol. The molecular weight excluding hydrogens is 336 g/mol. The summed E-state index contributed by atoms with van der Waals surface area (Å²) >= 11 is 0.944. The molecule has 1 aliphatic rings. The van der Waals surface area contributed by atoms with Crippen molar-refractivity contribution in [2.24, 2.45) is 0 Å². The second kappa shape index (κ2) is 7.53. The molecule has 5 nitrogen and oxygen atoms in total. The van der Waals surface area contributed by atoms with Crippen LogP contribution in [0.5, 0.6) is 5.75 Å². The van der Waals surface area contributed by atoms with Crippen LogP contribution in [-0.4, -0.2) is 34.2 Å². The molecule has 0 N–H and O–H groups in total. The molecule has 0 unspecified atom stereocenters. The van der Waals surface area contributed by atoms with Crippen LogP contribution in [0.25, 0.3) is 6.08 Å². The molecular formula is C19H18N2O3S. The molecule has 2 aromatic rings. The molecule has 0 bridgehead atoms. The predicted octanol–water partition coefficient (Wildman–Crippen LogP) is 3.81. The summed E-state index contributed by atoms with van der Waals surface area (Å²) in [5.74, 6) is 0.487. The molecule has 2 heterocycles. The number of carbonyl (C=O) groups is 2. The highest BCUT2D eigenvalue weighted by Gasteiger charge is 2.34. The summed E-state index contributed by atoms with van der Waals surface area (Å²) in [5.41, 5.74) is 2.92. The molecule has 1 fully saturated rings. The zero-order chi connectivity index (χ0) is 17.8. The third kappa shape index (κ3) is 4.09. The van der Waals surface area contributed by atoms with Gasteiger partial charge in [0.15, 0.2) is 0 Å². The van der Waals surface area contributed by atoms with Gasteiger partial charge in [-0.2, -0.15) is 0 Å². The van der Waals surface area contributed by atoms with Crippen LogP contribution in [-0.2, 0) is 4.79 Å². The summed E-state index contributed by atoms with van der Waals surface area (Å²) in [4.78, 5) is 30.2. The van der Waals surface area contributed by atoms with E-state index in [1.54, 1.807) is 24.5 Å². The van der Waals surface area contributed by atoms with Crippen molar-refractivity contribution in [2.45, 2.75) is 13.8 Å². The van der Waals surface area contributed by atoms with Crippen molar-refractivity contribution in [3.8, 4) is 5.75 Å². The number of carbonyl (C=O) groups excluding carboxylic acids is 2. The van der Waals surface area contributed by atoms with Crippen molar-refractivity contribution in [3.63, 3.8) is 0 Å². The van der Waals surface area contributed by atoms with Gasteiger partial charge in [-0.05, 0) is 60.5 Å². The highest BCUT2D eigenvalue weighted by atomic mass is 32.2. The predicted molar refractivity (Wildman–Crippen MR) is 98.3 cm³/mol. The van der Waals surface area contributed by atoms with E-state index in [0.717, 1.165) is 34.2 Å². The second-order valence-corrected chi connectivity index (χ2v) is 6.73. The Morgan fingerprint density at radius 3 is 2.84 bits per heavy atom. The quantitative estimate of drug-likeness (QED) is 0.764. The Labute approximate surface area is 150 Å². The Morgan fingerprint density at radius 1 is 1.24 bits per heavy atom. The van der Waals surface area contributed by atoms with Crippen molar-refractivity contribution in [1.82, 2.24) is 9.88 Å². The van der Waals surface area contributed by atoms with Crippen molar-refractivity contribution in [2.75, 3.05) is 13.2 Å². The Kier molecular flexibility index (Phi) is 5.19. The van der Waals surface area contributed by atoms with Crippen LogP contribution in [0.15, 0.2) is 47.6 Å². The van der Waals surface area contributed by atoms with Crippen LogP contribution < -0.4 is 4.74 Å². The number of hydrogen-bond acceptors (Lipinski definition) is 5. The van der Waals surface area contributed by atoms with Crippen LogP contribution in [0.3, 0.4) is 0 Å².